The van der Waals surface area contributed by atoms with E-state index >= 15 is 0 Å². The maximum absolute atomic E-state index is 11.8. The van der Waals surface area contributed by atoms with Crippen LogP contribution in [-0.4, -0.2) is 34.4 Å². The van der Waals surface area contributed by atoms with Gasteiger partial charge in [-0.15, -0.1) is 11.8 Å². The highest BCUT2D eigenvalue weighted by Crippen LogP contribution is 2.22. The first kappa shape index (κ1) is 17.4. The van der Waals surface area contributed by atoms with Gasteiger partial charge in [-0.05, 0) is 37.1 Å². The third-order valence-corrected chi connectivity index (χ3v) is 5.03. The first-order valence-corrected chi connectivity index (χ1v) is 9.12. The molecule has 3 nitrogen and oxygen atoms in total. The van der Waals surface area contributed by atoms with Crippen LogP contribution in [0.4, 0.5) is 0 Å². The molecule has 1 amide bonds. The second-order valence-corrected chi connectivity index (χ2v) is 8.78. The van der Waals surface area contributed by atoms with E-state index in [0.29, 0.717) is 12.3 Å². The smallest absolute Gasteiger partial charge is 0.230 e. The van der Waals surface area contributed by atoms with Crippen molar-refractivity contribution in [1.29, 1.82) is 0 Å². The highest BCUT2D eigenvalue weighted by atomic mass is 32.2. The standard InChI is InChI=1S/C18H28N2OS/c1-18(2,3)22-14-17(21)19-12-15-6-8-16(9-7-15)13-20-10-4-5-11-20/h6-9H,4-5,10-14H2,1-3H3,(H,19,21). The Bertz CT molecular complexity index is 473. The summed E-state index contributed by atoms with van der Waals surface area (Å²) in [5.41, 5.74) is 2.53. The summed E-state index contributed by atoms with van der Waals surface area (Å²) in [5.74, 6) is 0.636. The van der Waals surface area contributed by atoms with Crippen LogP contribution in [0.2, 0.25) is 0 Å². The van der Waals surface area contributed by atoms with E-state index in [0.717, 1.165) is 6.54 Å². The van der Waals surface area contributed by atoms with Crippen molar-refractivity contribution in [1.82, 2.24) is 10.2 Å². The van der Waals surface area contributed by atoms with Crippen LogP contribution in [0.25, 0.3) is 0 Å². The van der Waals surface area contributed by atoms with Crippen molar-refractivity contribution >= 4 is 17.7 Å². The molecule has 1 saturated heterocycles. The minimum Gasteiger partial charge on any atom is -0.351 e. The van der Waals surface area contributed by atoms with Gasteiger partial charge in [-0.2, -0.15) is 0 Å². The first-order valence-electron chi connectivity index (χ1n) is 8.13. The molecule has 0 aliphatic carbocycles. The molecule has 0 unspecified atom stereocenters. The van der Waals surface area contributed by atoms with Crippen molar-refractivity contribution < 1.29 is 4.79 Å². The fourth-order valence-corrected chi connectivity index (χ4v) is 3.16. The normalized spacial score (nSPS) is 16.0. The maximum atomic E-state index is 11.8. The molecule has 1 fully saturated rings. The molecule has 1 heterocycles. The average Bonchev–Trinajstić information content (AvgIpc) is 2.96. The summed E-state index contributed by atoms with van der Waals surface area (Å²) in [6, 6.07) is 8.62. The van der Waals surface area contributed by atoms with Crippen molar-refractivity contribution in [2.24, 2.45) is 0 Å². The number of benzene rings is 1. The molecule has 0 aromatic heterocycles. The molecule has 2 rings (SSSR count). The van der Waals surface area contributed by atoms with Gasteiger partial charge in [-0.1, -0.05) is 45.0 Å². The van der Waals surface area contributed by atoms with E-state index in [1.807, 2.05) is 0 Å². The molecule has 122 valence electrons. The van der Waals surface area contributed by atoms with Gasteiger partial charge in [0.05, 0.1) is 5.75 Å². The zero-order chi connectivity index (χ0) is 16.0. The topological polar surface area (TPSA) is 32.3 Å². The summed E-state index contributed by atoms with van der Waals surface area (Å²) in [4.78, 5) is 14.3. The number of carbonyl (C=O) groups excluding carboxylic acids is 1. The minimum absolute atomic E-state index is 0.112. The van der Waals surface area contributed by atoms with Gasteiger partial charge >= 0.3 is 0 Å². The number of hydrogen-bond acceptors (Lipinski definition) is 3. The highest BCUT2D eigenvalue weighted by molar-refractivity contribution is 8.01. The quantitative estimate of drug-likeness (QED) is 0.871. The maximum Gasteiger partial charge on any atom is 0.230 e. The van der Waals surface area contributed by atoms with Crippen LogP contribution in [-0.2, 0) is 17.9 Å². The zero-order valence-corrected chi connectivity index (χ0v) is 14.8. The second-order valence-electron chi connectivity index (χ2n) is 6.98. The van der Waals surface area contributed by atoms with Gasteiger partial charge in [0.2, 0.25) is 5.91 Å². The number of likely N-dealkylation sites (tertiary alicyclic amines) is 1. The number of nitrogens with one attached hydrogen (secondary N) is 1. The van der Waals surface area contributed by atoms with E-state index in [-0.39, 0.29) is 10.7 Å². The van der Waals surface area contributed by atoms with Crippen LogP contribution in [0, 0.1) is 0 Å². The SMILES string of the molecule is CC(C)(C)SCC(=O)NCc1ccc(CN2CCCC2)cc1. The Morgan fingerprint density at radius 1 is 1.14 bits per heavy atom. The Hall–Kier alpha value is -1.00. The largest absolute Gasteiger partial charge is 0.351 e. The van der Waals surface area contributed by atoms with Gasteiger partial charge in [0, 0.05) is 17.8 Å². The molecule has 1 N–H and O–H groups in total. The van der Waals surface area contributed by atoms with Crippen molar-refractivity contribution in [3.05, 3.63) is 35.4 Å². The van der Waals surface area contributed by atoms with Crippen molar-refractivity contribution in [3.8, 4) is 0 Å². The predicted molar refractivity (Wildman–Crippen MR) is 95.0 cm³/mol. The Morgan fingerprint density at radius 3 is 2.32 bits per heavy atom. The molecule has 0 bridgehead atoms. The molecule has 1 aliphatic rings. The van der Waals surface area contributed by atoms with Crippen LogP contribution in [0.15, 0.2) is 24.3 Å². The minimum atomic E-state index is 0.112. The summed E-state index contributed by atoms with van der Waals surface area (Å²) in [6.07, 6.45) is 2.66. The third kappa shape index (κ3) is 6.41. The predicted octanol–water partition coefficient (Wildman–Crippen LogP) is 3.43. The van der Waals surface area contributed by atoms with Gasteiger partial charge in [0.1, 0.15) is 0 Å². The van der Waals surface area contributed by atoms with E-state index in [9.17, 15) is 4.79 Å². The number of amides is 1. The molecular formula is C18H28N2OS. The van der Waals surface area contributed by atoms with Crippen LogP contribution < -0.4 is 5.32 Å². The summed E-state index contributed by atoms with van der Waals surface area (Å²) in [5, 5.41) is 2.99. The molecule has 22 heavy (non-hydrogen) atoms. The van der Waals surface area contributed by atoms with Gasteiger partial charge in [-0.25, -0.2) is 0 Å². The van der Waals surface area contributed by atoms with E-state index in [4.69, 9.17) is 0 Å². The fourth-order valence-electron chi connectivity index (χ4n) is 2.50. The van der Waals surface area contributed by atoms with Crippen LogP contribution in [0.5, 0.6) is 0 Å². The molecule has 1 aromatic rings. The Morgan fingerprint density at radius 2 is 1.73 bits per heavy atom. The van der Waals surface area contributed by atoms with E-state index in [1.165, 1.54) is 37.1 Å². The summed E-state index contributed by atoms with van der Waals surface area (Å²) >= 11 is 1.68. The lowest BCUT2D eigenvalue weighted by molar-refractivity contribution is -0.118. The lowest BCUT2D eigenvalue weighted by Gasteiger charge is -2.17. The number of hydrogen-bond donors (Lipinski definition) is 1. The number of nitrogens with zero attached hydrogens (tertiary/aromatic N) is 1. The molecule has 0 radical (unpaired) electrons. The molecule has 0 atom stereocenters. The average molecular weight is 321 g/mol. The lowest BCUT2D eigenvalue weighted by atomic mass is 10.1. The van der Waals surface area contributed by atoms with Crippen LogP contribution in [0.1, 0.15) is 44.7 Å². The zero-order valence-electron chi connectivity index (χ0n) is 14.0. The molecule has 1 aromatic carbocycles. The van der Waals surface area contributed by atoms with E-state index in [2.05, 4.69) is 55.3 Å². The van der Waals surface area contributed by atoms with Crippen molar-refractivity contribution in [2.45, 2.75) is 51.4 Å². The lowest BCUT2D eigenvalue weighted by Crippen LogP contribution is -2.26. The highest BCUT2D eigenvalue weighted by Gasteiger charge is 2.13. The molecule has 4 heteroatoms. The number of carbonyl (C=O) groups is 1. The van der Waals surface area contributed by atoms with E-state index in [1.54, 1.807) is 11.8 Å². The van der Waals surface area contributed by atoms with Crippen LogP contribution in [0.3, 0.4) is 0 Å². The van der Waals surface area contributed by atoms with Gasteiger partial charge < -0.3 is 5.32 Å². The van der Waals surface area contributed by atoms with Crippen molar-refractivity contribution in [3.63, 3.8) is 0 Å². The first-order chi connectivity index (χ1) is 10.4. The molecule has 0 spiro atoms. The Labute approximate surface area is 138 Å². The summed E-state index contributed by atoms with van der Waals surface area (Å²) < 4.78 is 0.133. The van der Waals surface area contributed by atoms with E-state index < -0.39 is 0 Å². The summed E-state index contributed by atoms with van der Waals surface area (Å²) in [7, 11) is 0. The molecule has 0 saturated carbocycles. The third-order valence-electron chi connectivity index (χ3n) is 3.75. The second kappa shape index (κ2) is 8.02. The Balaban J connectivity index is 1.72. The van der Waals surface area contributed by atoms with Gasteiger partial charge in [-0.3, -0.25) is 9.69 Å². The summed E-state index contributed by atoms with van der Waals surface area (Å²) in [6.45, 7) is 10.5. The number of thioether (sulfide) groups is 1. The van der Waals surface area contributed by atoms with Gasteiger partial charge in [0.25, 0.3) is 0 Å². The van der Waals surface area contributed by atoms with Crippen LogP contribution >= 0.6 is 11.8 Å². The number of rotatable bonds is 6. The Kier molecular flexibility index (Phi) is 6.33. The van der Waals surface area contributed by atoms with Gasteiger partial charge in [0.15, 0.2) is 0 Å². The fraction of sp³-hybridized carbons (Fsp3) is 0.611. The monoisotopic (exact) mass is 320 g/mol. The molecule has 1 aliphatic heterocycles. The van der Waals surface area contributed by atoms with Crippen molar-refractivity contribution in [2.75, 3.05) is 18.8 Å². The molecular weight excluding hydrogens is 292 g/mol.